The maximum absolute atomic E-state index is 13.4. The van der Waals surface area contributed by atoms with Gasteiger partial charge in [-0.15, -0.1) is 0 Å². The highest BCUT2D eigenvalue weighted by atomic mass is 19.2. The Morgan fingerprint density at radius 3 is 2.71 bits per heavy atom. The van der Waals surface area contributed by atoms with Gasteiger partial charge in [-0.05, 0) is 29.8 Å². The summed E-state index contributed by atoms with van der Waals surface area (Å²) in [4.78, 5) is 23.0. The van der Waals surface area contributed by atoms with Crippen molar-refractivity contribution in [2.24, 2.45) is 0 Å². The Morgan fingerprint density at radius 2 is 2.04 bits per heavy atom. The van der Waals surface area contributed by atoms with Crippen LogP contribution in [0.5, 0.6) is 0 Å². The lowest BCUT2D eigenvalue weighted by Gasteiger charge is -2.08. The summed E-state index contributed by atoms with van der Waals surface area (Å²) < 4.78 is 32.6. The number of methoxy groups -OCH3 is 1. The van der Waals surface area contributed by atoms with Gasteiger partial charge in [0.05, 0.1) is 30.9 Å². The summed E-state index contributed by atoms with van der Waals surface area (Å²) in [6.45, 7) is 0.130. The normalized spacial score (nSPS) is 10.8. The van der Waals surface area contributed by atoms with Gasteiger partial charge < -0.3 is 4.74 Å². The average molecular weight is 330 g/mol. The lowest BCUT2D eigenvalue weighted by Crippen LogP contribution is -2.09. The molecular formula is C17H12F2N2O3. The van der Waals surface area contributed by atoms with Crippen molar-refractivity contribution in [3.8, 4) is 0 Å². The monoisotopic (exact) mass is 330 g/mol. The maximum Gasteiger partial charge on any atom is 0.340 e. The molecule has 3 aromatic rings. The highest BCUT2D eigenvalue weighted by Gasteiger charge is 2.17. The lowest BCUT2D eigenvalue weighted by atomic mass is 10.1. The summed E-state index contributed by atoms with van der Waals surface area (Å²) in [5.74, 6) is -2.51. The molecule has 3 rings (SSSR count). The summed E-state index contributed by atoms with van der Waals surface area (Å²) in [5, 5.41) is 4.74. The Morgan fingerprint density at radius 1 is 1.25 bits per heavy atom. The van der Waals surface area contributed by atoms with Gasteiger partial charge in [0.25, 0.3) is 0 Å². The molecular weight excluding hydrogens is 318 g/mol. The number of esters is 1. The zero-order chi connectivity index (χ0) is 17.3. The molecule has 0 saturated heterocycles. The molecule has 1 aromatic heterocycles. The van der Waals surface area contributed by atoms with Gasteiger partial charge in [-0.25, -0.2) is 13.6 Å². The summed E-state index contributed by atoms with van der Waals surface area (Å²) in [5.41, 5.74) is 1.43. The Kier molecular flexibility index (Phi) is 4.07. The fourth-order valence-corrected chi connectivity index (χ4v) is 2.52. The van der Waals surface area contributed by atoms with Crippen molar-refractivity contribution < 1.29 is 23.1 Å². The molecule has 0 aliphatic rings. The molecule has 0 spiro atoms. The van der Waals surface area contributed by atoms with Crippen LogP contribution in [0.2, 0.25) is 0 Å². The molecule has 7 heteroatoms. The first-order valence-corrected chi connectivity index (χ1v) is 7.00. The minimum atomic E-state index is -0.958. The van der Waals surface area contributed by atoms with E-state index < -0.39 is 17.6 Å². The summed E-state index contributed by atoms with van der Waals surface area (Å²) in [7, 11) is 1.23. The van der Waals surface area contributed by atoms with Crippen LogP contribution in [0.25, 0.3) is 10.9 Å². The first kappa shape index (κ1) is 15.8. The van der Waals surface area contributed by atoms with Crippen molar-refractivity contribution in [2.45, 2.75) is 6.54 Å². The molecule has 0 aliphatic carbocycles. The number of ether oxygens (including phenoxy) is 1. The number of carbonyl (C=O) groups excluding carboxylic acids is 2. The highest BCUT2D eigenvalue weighted by Crippen LogP contribution is 2.23. The zero-order valence-electron chi connectivity index (χ0n) is 12.6. The fraction of sp³-hybridized carbons (Fsp3) is 0.118. The fourth-order valence-electron chi connectivity index (χ4n) is 2.52. The second-order valence-corrected chi connectivity index (χ2v) is 5.17. The number of halogens is 2. The molecule has 0 atom stereocenters. The smallest absolute Gasteiger partial charge is 0.340 e. The predicted molar refractivity (Wildman–Crippen MR) is 81.9 cm³/mol. The maximum atomic E-state index is 13.4. The Labute approximate surface area is 135 Å². The van der Waals surface area contributed by atoms with Gasteiger partial charge in [-0.3, -0.25) is 9.48 Å². The van der Waals surface area contributed by atoms with E-state index in [1.165, 1.54) is 30.1 Å². The van der Waals surface area contributed by atoms with Gasteiger partial charge in [-0.1, -0.05) is 6.07 Å². The van der Waals surface area contributed by atoms with Gasteiger partial charge in [0.1, 0.15) is 6.29 Å². The van der Waals surface area contributed by atoms with Crippen molar-refractivity contribution in [1.29, 1.82) is 0 Å². The minimum absolute atomic E-state index is 0.130. The first-order chi connectivity index (χ1) is 11.5. The van der Waals surface area contributed by atoms with E-state index in [0.29, 0.717) is 28.3 Å². The van der Waals surface area contributed by atoms with Crippen LogP contribution in [0.15, 0.2) is 36.5 Å². The van der Waals surface area contributed by atoms with Crippen molar-refractivity contribution in [2.75, 3.05) is 7.11 Å². The van der Waals surface area contributed by atoms with Crippen molar-refractivity contribution >= 4 is 23.2 Å². The molecule has 0 N–H and O–H groups in total. The largest absolute Gasteiger partial charge is 0.465 e. The Balaban J connectivity index is 2.13. The summed E-state index contributed by atoms with van der Waals surface area (Å²) in [6, 6.07) is 6.53. The number of carbonyl (C=O) groups is 2. The van der Waals surface area contributed by atoms with E-state index in [1.807, 2.05) is 0 Å². The van der Waals surface area contributed by atoms with E-state index in [0.717, 1.165) is 12.1 Å². The van der Waals surface area contributed by atoms with Gasteiger partial charge in [-0.2, -0.15) is 5.10 Å². The van der Waals surface area contributed by atoms with E-state index in [2.05, 4.69) is 5.10 Å². The number of nitrogens with zero attached hydrogens (tertiary/aromatic N) is 2. The van der Waals surface area contributed by atoms with Crippen molar-refractivity contribution in [1.82, 2.24) is 9.78 Å². The van der Waals surface area contributed by atoms with Crippen LogP contribution in [0.3, 0.4) is 0 Å². The molecule has 5 nitrogen and oxygen atoms in total. The SMILES string of the molecule is COC(=O)c1cc(C=O)cc2cnn(Cc3ccc(F)c(F)c3)c12. The molecule has 0 radical (unpaired) electrons. The average Bonchev–Trinajstić information content (AvgIpc) is 2.99. The highest BCUT2D eigenvalue weighted by molar-refractivity contribution is 6.05. The van der Waals surface area contributed by atoms with Crippen LogP contribution in [-0.4, -0.2) is 29.1 Å². The summed E-state index contributed by atoms with van der Waals surface area (Å²) >= 11 is 0. The first-order valence-electron chi connectivity index (χ1n) is 7.00. The van der Waals surface area contributed by atoms with E-state index in [4.69, 9.17) is 4.74 Å². The van der Waals surface area contributed by atoms with Crippen LogP contribution in [0, 0.1) is 11.6 Å². The Hall–Kier alpha value is -3.09. The third-order valence-electron chi connectivity index (χ3n) is 3.61. The number of rotatable bonds is 4. The molecule has 1 heterocycles. The summed E-state index contributed by atoms with van der Waals surface area (Å²) in [6.07, 6.45) is 2.12. The van der Waals surface area contributed by atoms with E-state index in [9.17, 15) is 18.4 Å². The quantitative estimate of drug-likeness (QED) is 0.545. The van der Waals surface area contributed by atoms with Crippen LogP contribution in [0.4, 0.5) is 8.78 Å². The van der Waals surface area contributed by atoms with Gasteiger partial charge in [0.2, 0.25) is 0 Å². The molecule has 122 valence electrons. The molecule has 24 heavy (non-hydrogen) atoms. The molecule has 2 aromatic carbocycles. The number of benzene rings is 2. The molecule has 0 saturated carbocycles. The third kappa shape index (κ3) is 2.76. The van der Waals surface area contributed by atoms with E-state index in [1.54, 1.807) is 6.07 Å². The van der Waals surface area contributed by atoms with Crippen LogP contribution < -0.4 is 0 Å². The van der Waals surface area contributed by atoms with Gasteiger partial charge in [0, 0.05) is 10.9 Å². The number of hydrogen-bond acceptors (Lipinski definition) is 4. The van der Waals surface area contributed by atoms with Crippen molar-refractivity contribution in [3.05, 3.63) is 64.9 Å². The number of fused-ring (bicyclic) bond motifs is 1. The lowest BCUT2D eigenvalue weighted by molar-refractivity contribution is 0.0602. The number of aromatic nitrogens is 2. The van der Waals surface area contributed by atoms with Crippen molar-refractivity contribution in [3.63, 3.8) is 0 Å². The number of hydrogen-bond donors (Lipinski definition) is 0. The second kappa shape index (κ2) is 6.19. The molecule has 0 bridgehead atoms. The standard InChI is InChI=1S/C17H12F2N2O3/c1-24-17(23)13-5-11(9-22)4-12-7-20-21(16(12)13)8-10-2-3-14(18)15(19)6-10/h2-7,9H,8H2,1H3. The van der Waals surface area contributed by atoms with E-state index in [-0.39, 0.29) is 12.1 Å². The number of aldehydes is 1. The minimum Gasteiger partial charge on any atom is -0.465 e. The third-order valence-corrected chi connectivity index (χ3v) is 3.61. The Bertz CT molecular complexity index is 950. The molecule has 0 fully saturated rings. The zero-order valence-corrected chi connectivity index (χ0v) is 12.6. The molecule has 0 unspecified atom stereocenters. The van der Waals surface area contributed by atoms with Crippen LogP contribution >= 0.6 is 0 Å². The van der Waals surface area contributed by atoms with Crippen LogP contribution in [-0.2, 0) is 11.3 Å². The van der Waals surface area contributed by atoms with Gasteiger partial charge in [0.15, 0.2) is 11.6 Å². The molecule has 0 amide bonds. The second-order valence-electron chi connectivity index (χ2n) is 5.17. The van der Waals surface area contributed by atoms with E-state index >= 15 is 0 Å². The van der Waals surface area contributed by atoms with Gasteiger partial charge >= 0.3 is 5.97 Å². The predicted octanol–water partition coefficient (Wildman–Crippen LogP) is 2.96. The topological polar surface area (TPSA) is 61.2 Å². The molecule has 0 aliphatic heterocycles. The van der Waals surface area contributed by atoms with Crippen LogP contribution in [0.1, 0.15) is 26.3 Å².